The number of hydrogen-bond acceptors (Lipinski definition) is 5. The Hall–Kier alpha value is -3.04. The molecule has 28 heavy (non-hydrogen) atoms. The first kappa shape index (κ1) is 19.7. The largest absolute Gasteiger partial charge is 0.484 e. The van der Waals surface area contributed by atoms with Gasteiger partial charge in [-0.25, -0.2) is 4.98 Å². The van der Waals surface area contributed by atoms with Gasteiger partial charge < -0.3 is 19.4 Å². The summed E-state index contributed by atoms with van der Waals surface area (Å²) in [6, 6.07) is 4.34. The molecule has 1 aliphatic rings. The van der Waals surface area contributed by atoms with Gasteiger partial charge in [0.2, 0.25) is 11.8 Å². The number of ether oxygens (including phenoxy) is 1. The molecule has 10 heteroatoms. The van der Waals surface area contributed by atoms with Gasteiger partial charge in [0.05, 0.1) is 5.56 Å². The Morgan fingerprint density at radius 3 is 2.89 bits per heavy atom. The molecule has 1 N–H and O–H groups in total. The zero-order chi connectivity index (χ0) is 20.3. The SMILES string of the molecule is CC(=O)NC1CCN(C(=O)c2coc(COc3cccc(C(F)(F)F)c3)n2)C1. The maximum absolute atomic E-state index is 12.7. The van der Waals surface area contributed by atoms with Crippen molar-refractivity contribution in [2.75, 3.05) is 13.1 Å². The quantitative estimate of drug-likeness (QED) is 0.839. The van der Waals surface area contributed by atoms with Crippen molar-refractivity contribution < 1.29 is 31.9 Å². The lowest BCUT2D eigenvalue weighted by molar-refractivity contribution is -0.137. The van der Waals surface area contributed by atoms with Gasteiger partial charge in [-0.05, 0) is 24.6 Å². The molecule has 0 bridgehead atoms. The van der Waals surface area contributed by atoms with E-state index in [1.807, 2.05) is 0 Å². The van der Waals surface area contributed by atoms with Crippen molar-refractivity contribution >= 4 is 11.8 Å². The van der Waals surface area contributed by atoms with Crippen molar-refractivity contribution in [3.8, 4) is 5.75 Å². The summed E-state index contributed by atoms with van der Waals surface area (Å²) in [6.07, 6.45) is -2.64. The first-order chi connectivity index (χ1) is 13.2. The molecule has 1 aromatic carbocycles. The van der Waals surface area contributed by atoms with Crippen LogP contribution in [0.15, 0.2) is 34.9 Å². The predicted octanol–water partition coefficient (Wildman–Crippen LogP) is 2.62. The second-order valence-corrected chi connectivity index (χ2v) is 6.38. The maximum Gasteiger partial charge on any atom is 0.416 e. The smallest absolute Gasteiger partial charge is 0.416 e. The zero-order valence-electron chi connectivity index (χ0n) is 15.0. The fourth-order valence-electron chi connectivity index (χ4n) is 2.89. The van der Waals surface area contributed by atoms with E-state index in [1.54, 1.807) is 4.90 Å². The van der Waals surface area contributed by atoms with E-state index in [2.05, 4.69) is 10.3 Å². The van der Waals surface area contributed by atoms with Crippen LogP contribution in [0.25, 0.3) is 0 Å². The molecule has 7 nitrogen and oxygen atoms in total. The van der Waals surface area contributed by atoms with E-state index in [0.29, 0.717) is 19.5 Å². The van der Waals surface area contributed by atoms with Crippen LogP contribution in [0.5, 0.6) is 5.75 Å². The number of halogens is 3. The van der Waals surface area contributed by atoms with Gasteiger partial charge in [0.15, 0.2) is 12.3 Å². The summed E-state index contributed by atoms with van der Waals surface area (Å²) in [7, 11) is 0. The first-order valence-corrected chi connectivity index (χ1v) is 8.53. The van der Waals surface area contributed by atoms with E-state index in [0.717, 1.165) is 12.1 Å². The number of carbonyl (C=O) groups is 2. The Bertz CT molecular complexity index is 866. The molecule has 1 atom stereocenters. The first-order valence-electron chi connectivity index (χ1n) is 8.53. The van der Waals surface area contributed by atoms with Gasteiger partial charge in [-0.3, -0.25) is 9.59 Å². The van der Waals surface area contributed by atoms with Crippen LogP contribution in [0.2, 0.25) is 0 Å². The van der Waals surface area contributed by atoms with Crippen LogP contribution >= 0.6 is 0 Å². The molecule has 0 radical (unpaired) electrons. The third-order valence-corrected chi connectivity index (χ3v) is 4.18. The van der Waals surface area contributed by atoms with Crippen LogP contribution in [-0.2, 0) is 17.6 Å². The minimum absolute atomic E-state index is 0.0126. The summed E-state index contributed by atoms with van der Waals surface area (Å²) in [6.45, 7) is 2.05. The maximum atomic E-state index is 12.7. The van der Waals surface area contributed by atoms with Crippen molar-refractivity contribution in [2.24, 2.45) is 0 Å². The zero-order valence-corrected chi connectivity index (χ0v) is 15.0. The number of hydrogen-bond donors (Lipinski definition) is 1. The van der Waals surface area contributed by atoms with Crippen LogP contribution in [0.3, 0.4) is 0 Å². The van der Waals surface area contributed by atoms with E-state index < -0.39 is 11.7 Å². The van der Waals surface area contributed by atoms with Crippen LogP contribution in [-0.4, -0.2) is 40.8 Å². The minimum Gasteiger partial charge on any atom is -0.484 e. The third kappa shape index (κ3) is 4.81. The normalized spacial score (nSPS) is 16.9. The fourth-order valence-corrected chi connectivity index (χ4v) is 2.89. The average molecular weight is 397 g/mol. The molecule has 2 heterocycles. The van der Waals surface area contributed by atoms with Crippen molar-refractivity contribution in [3.63, 3.8) is 0 Å². The fraction of sp³-hybridized carbons (Fsp3) is 0.389. The summed E-state index contributed by atoms with van der Waals surface area (Å²) < 4.78 is 48.6. The third-order valence-electron chi connectivity index (χ3n) is 4.18. The lowest BCUT2D eigenvalue weighted by atomic mass is 10.2. The highest BCUT2D eigenvalue weighted by atomic mass is 19.4. The molecule has 1 saturated heterocycles. The highest BCUT2D eigenvalue weighted by Crippen LogP contribution is 2.31. The molecule has 1 unspecified atom stereocenters. The minimum atomic E-state index is -4.47. The molecular formula is C18H18F3N3O4. The molecule has 0 spiro atoms. The molecule has 1 aromatic heterocycles. The van der Waals surface area contributed by atoms with Crippen molar-refractivity contribution in [2.45, 2.75) is 32.2 Å². The summed E-state index contributed by atoms with van der Waals surface area (Å²) in [5.74, 6) is -0.423. The van der Waals surface area contributed by atoms with E-state index in [4.69, 9.17) is 9.15 Å². The molecule has 0 aliphatic carbocycles. The van der Waals surface area contributed by atoms with Gasteiger partial charge in [-0.2, -0.15) is 13.2 Å². The number of carbonyl (C=O) groups excluding carboxylic acids is 2. The van der Waals surface area contributed by atoms with Gasteiger partial charge in [0.25, 0.3) is 5.91 Å². The summed E-state index contributed by atoms with van der Waals surface area (Å²) in [4.78, 5) is 29.1. The number of benzene rings is 1. The number of alkyl halides is 3. The molecule has 3 rings (SSSR count). The Balaban J connectivity index is 1.57. The van der Waals surface area contributed by atoms with E-state index >= 15 is 0 Å². The molecule has 150 valence electrons. The van der Waals surface area contributed by atoms with E-state index in [-0.39, 0.29) is 41.8 Å². The van der Waals surface area contributed by atoms with E-state index in [1.165, 1.54) is 25.3 Å². The highest BCUT2D eigenvalue weighted by Gasteiger charge is 2.31. The number of oxazole rings is 1. The van der Waals surface area contributed by atoms with Gasteiger partial charge in [0, 0.05) is 26.1 Å². The lowest BCUT2D eigenvalue weighted by Gasteiger charge is -2.15. The van der Waals surface area contributed by atoms with Gasteiger partial charge in [-0.1, -0.05) is 6.07 Å². The number of nitrogens with zero attached hydrogens (tertiary/aromatic N) is 2. The lowest BCUT2D eigenvalue weighted by Crippen LogP contribution is -2.37. The second kappa shape index (κ2) is 7.91. The van der Waals surface area contributed by atoms with Crippen LogP contribution in [0, 0.1) is 0 Å². The Morgan fingerprint density at radius 2 is 2.18 bits per heavy atom. The van der Waals surface area contributed by atoms with Crippen LogP contribution < -0.4 is 10.1 Å². The van der Waals surface area contributed by atoms with Crippen LogP contribution in [0.4, 0.5) is 13.2 Å². The Morgan fingerprint density at radius 1 is 1.39 bits per heavy atom. The van der Waals surface area contributed by atoms with E-state index in [9.17, 15) is 22.8 Å². The molecule has 1 aliphatic heterocycles. The number of likely N-dealkylation sites (tertiary alicyclic amines) is 1. The summed E-state index contributed by atoms with van der Waals surface area (Å²) in [5, 5.41) is 2.76. The Labute approximate surface area is 158 Å². The van der Waals surface area contributed by atoms with Crippen LogP contribution in [0.1, 0.15) is 35.3 Å². The van der Waals surface area contributed by atoms with Crippen molar-refractivity contribution in [3.05, 3.63) is 47.7 Å². The summed E-state index contributed by atoms with van der Waals surface area (Å²) >= 11 is 0. The monoisotopic (exact) mass is 397 g/mol. The molecule has 2 amide bonds. The summed E-state index contributed by atoms with van der Waals surface area (Å²) in [5.41, 5.74) is -0.748. The molecule has 0 saturated carbocycles. The van der Waals surface area contributed by atoms with Gasteiger partial charge in [-0.15, -0.1) is 0 Å². The topological polar surface area (TPSA) is 84.7 Å². The second-order valence-electron chi connectivity index (χ2n) is 6.38. The Kier molecular flexibility index (Phi) is 5.57. The molecular weight excluding hydrogens is 379 g/mol. The van der Waals surface area contributed by atoms with Gasteiger partial charge in [0.1, 0.15) is 12.0 Å². The van der Waals surface area contributed by atoms with Crippen molar-refractivity contribution in [1.29, 1.82) is 0 Å². The molecule has 2 aromatic rings. The predicted molar refractivity (Wildman–Crippen MR) is 90.4 cm³/mol. The number of rotatable bonds is 5. The standard InChI is InChI=1S/C18H18F3N3O4/c1-11(25)22-13-5-6-24(8-13)17(26)15-9-28-16(23-15)10-27-14-4-2-3-12(7-14)18(19,20)21/h2-4,7,9,13H,5-6,8,10H2,1H3,(H,22,25). The van der Waals surface area contributed by atoms with Gasteiger partial charge >= 0.3 is 6.18 Å². The number of nitrogens with one attached hydrogen (secondary N) is 1. The highest BCUT2D eigenvalue weighted by molar-refractivity contribution is 5.92. The molecule has 1 fully saturated rings. The van der Waals surface area contributed by atoms with Crippen molar-refractivity contribution in [1.82, 2.24) is 15.2 Å². The number of aromatic nitrogens is 1. The average Bonchev–Trinajstić information content (AvgIpc) is 3.28. The number of amides is 2.